The molecule has 0 N–H and O–H groups in total. The van der Waals surface area contributed by atoms with Crippen molar-refractivity contribution in [1.82, 2.24) is 0 Å². The zero-order valence-corrected chi connectivity index (χ0v) is 41.6. The summed E-state index contributed by atoms with van der Waals surface area (Å²) in [7, 11) is 0. The number of ether oxygens (including phenoxy) is 1. The van der Waals surface area contributed by atoms with Gasteiger partial charge in [0, 0.05) is 0 Å². The molecule has 0 unspecified atom stereocenters. The maximum atomic E-state index is 13.0. The summed E-state index contributed by atoms with van der Waals surface area (Å²) < 4.78 is 80.5. The van der Waals surface area contributed by atoms with Gasteiger partial charge in [0.25, 0.3) is 0 Å². The van der Waals surface area contributed by atoms with Crippen molar-refractivity contribution in [2.45, 2.75) is 71.3 Å². The van der Waals surface area contributed by atoms with Crippen LogP contribution < -0.4 is 4.74 Å². The lowest BCUT2D eigenvalue weighted by atomic mass is 9.91. The molecule has 1 nitrogen and oxygen atoms in total. The fourth-order valence-electron chi connectivity index (χ4n) is 9.15. The summed E-state index contributed by atoms with van der Waals surface area (Å²) >= 11 is 0. The molecule has 74 heavy (non-hydrogen) atoms. The molecular formula is C67H58F6O. The molecule has 0 bridgehead atoms. The van der Waals surface area contributed by atoms with E-state index in [0.717, 1.165) is 71.2 Å². The van der Waals surface area contributed by atoms with E-state index in [0.29, 0.717) is 10.8 Å². The summed E-state index contributed by atoms with van der Waals surface area (Å²) in [6, 6.07) is 74.4. The number of rotatable bonds is 13. The zero-order chi connectivity index (χ0) is 51.9. The number of hydrogen-bond acceptors (Lipinski definition) is 1. The molecule has 0 saturated carbocycles. The van der Waals surface area contributed by atoms with Crippen LogP contribution in [0.5, 0.6) is 5.75 Å². The molecule has 0 aromatic heterocycles. The highest BCUT2D eigenvalue weighted by Gasteiger charge is 2.31. The Morgan fingerprint density at radius 1 is 0.324 bits per heavy atom. The Morgan fingerprint density at radius 2 is 0.703 bits per heavy atom. The van der Waals surface area contributed by atoms with Crippen molar-refractivity contribution >= 4 is 21.5 Å². The highest BCUT2D eigenvalue weighted by atomic mass is 19.4. The first-order valence-electron chi connectivity index (χ1n) is 25.2. The van der Waals surface area contributed by atoms with Gasteiger partial charge in [-0.3, -0.25) is 0 Å². The van der Waals surface area contributed by atoms with Gasteiger partial charge in [-0.25, -0.2) is 0 Å². The Morgan fingerprint density at radius 3 is 1.15 bits per heavy atom. The molecule has 7 heteroatoms. The number of unbranched alkanes of at least 4 members (excludes halogenated alkanes) is 3. The number of aryl methyl sites for hydroxylation is 2. The maximum absolute atomic E-state index is 13.0. The van der Waals surface area contributed by atoms with E-state index in [9.17, 15) is 26.3 Å². The number of alkyl halides is 6. The van der Waals surface area contributed by atoms with Crippen molar-refractivity contribution in [3.05, 3.63) is 247 Å². The molecule has 0 aliphatic heterocycles. The molecule has 10 rings (SSSR count). The Balaban J connectivity index is 0.000000161. The van der Waals surface area contributed by atoms with E-state index in [1.807, 2.05) is 66.7 Å². The lowest BCUT2D eigenvalue weighted by molar-refractivity contribution is -0.274. The van der Waals surface area contributed by atoms with E-state index in [4.69, 9.17) is 0 Å². The number of halogens is 6. The van der Waals surface area contributed by atoms with E-state index < -0.39 is 18.1 Å². The zero-order valence-electron chi connectivity index (χ0n) is 41.6. The van der Waals surface area contributed by atoms with Gasteiger partial charge >= 0.3 is 12.5 Å². The molecule has 0 spiro atoms. The molecule has 0 aliphatic rings. The highest BCUT2D eigenvalue weighted by Crippen LogP contribution is 2.36. The number of hydrogen-bond donors (Lipinski definition) is 0. The monoisotopic (exact) mass is 992 g/mol. The lowest BCUT2D eigenvalue weighted by Crippen LogP contribution is -2.16. The van der Waals surface area contributed by atoms with Crippen molar-refractivity contribution in [2.24, 2.45) is 0 Å². The minimum Gasteiger partial charge on any atom is -0.406 e. The SMILES string of the molecule is CCCCCc1cc(-c2ccc3cc(OC(F)(F)F)ccc3c2)ccc1-c1ccccc1.CCCCc1cc(-c2ccc3cc(C(F)(F)F)ccc3c2)ccc1-c1ccccc1.c1ccc(-c2ccccc2)cc1. The van der Waals surface area contributed by atoms with Crippen molar-refractivity contribution in [3.8, 4) is 61.4 Å². The van der Waals surface area contributed by atoms with Crippen LogP contribution in [0.25, 0.3) is 77.2 Å². The number of benzene rings is 10. The van der Waals surface area contributed by atoms with E-state index in [2.05, 4.69) is 140 Å². The average molecular weight is 993 g/mol. The predicted molar refractivity (Wildman–Crippen MR) is 295 cm³/mol. The van der Waals surface area contributed by atoms with E-state index in [-0.39, 0.29) is 5.75 Å². The Kier molecular flexibility index (Phi) is 17.5. The fraction of sp³-hybridized carbons (Fsp3) is 0.164. The van der Waals surface area contributed by atoms with Crippen LogP contribution in [0, 0.1) is 0 Å². The van der Waals surface area contributed by atoms with Crippen molar-refractivity contribution in [2.75, 3.05) is 0 Å². The molecule has 374 valence electrons. The van der Waals surface area contributed by atoms with Crippen LogP contribution in [0.15, 0.2) is 231 Å². The second-order valence-corrected chi connectivity index (χ2v) is 18.3. The lowest BCUT2D eigenvalue weighted by Gasteiger charge is -2.14. The van der Waals surface area contributed by atoms with Gasteiger partial charge in [0.15, 0.2) is 0 Å². The fourth-order valence-corrected chi connectivity index (χ4v) is 9.15. The van der Waals surface area contributed by atoms with Crippen LogP contribution in [0.3, 0.4) is 0 Å². The second kappa shape index (κ2) is 24.7. The topological polar surface area (TPSA) is 9.23 Å². The normalized spacial score (nSPS) is 11.4. The standard InChI is InChI=1S/C28H25F3O.C27H23F3.C12H10/c1-2-3-5-10-25-18-23(14-16-27(25)20-8-6-4-7-9-20)21-11-12-24-19-26(32-28(29,30)31)15-13-22(24)17-21;1-2-3-7-24-17-22(13-15-26(24)19-8-5-4-6-9-19)20-10-11-23-18-25(27(28,29)30)14-12-21(23)16-20;1-3-7-11(8-4-1)12-9-5-2-6-10-12/h4,6-9,11-19H,2-3,5,10H2,1H3;4-6,8-18H,2-3,7H2,1H3;1-10H. The first-order chi connectivity index (χ1) is 35.8. The smallest absolute Gasteiger partial charge is 0.406 e. The Labute approximate surface area is 430 Å². The van der Waals surface area contributed by atoms with Gasteiger partial charge in [-0.05, 0) is 150 Å². The molecule has 0 aliphatic carbocycles. The van der Waals surface area contributed by atoms with E-state index in [1.165, 1.54) is 75.5 Å². The van der Waals surface area contributed by atoms with Crippen molar-refractivity contribution in [1.29, 1.82) is 0 Å². The summed E-state index contributed by atoms with van der Waals surface area (Å²) in [5.41, 5.74) is 13.7. The highest BCUT2D eigenvalue weighted by molar-refractivity contribution is 5.90. The minimum atomic E-state index is -4.69. The van der Waals surface area contributed by atoms with Crippen molar-refractivity contribution < 1.29 is 31.1 Å². The van der Waals surface area contributed by atoms with Gasteiger partial charge in [0.05, 0.1) is 5.56 Å². The molecule has 0 radical (unpaired) electrons. The molecule has 0 amide bonds. The van der Waals surface area contributed by atoms with E-state index >= 15 is 0 Å². The van der Waals surface area contributed by atoms with Gasteiger partial charge in [0.1, 0.15) is 5.75 Å². The number of fused-ring (bicyclic) bond motifs is 2. The third-order valence-electron chi connectivity index (χ3n) is 13.0. The first kappa shape index (κ1) is 52.4. The third-order valence-corrected chi connectivity index (χ3v) is 13.0. The molecule has 10 aromatic carbocycles. The Hall–Kier alpha value is -7.90. The van der Waals surface area contributed by atoms with Crippen LogP contribution in [0.2, 0.25) is 0 Å². The Bertz CT molecular complexity index is 3330. The third kappa shape index (κ3) is 14.2. The summed E-state index contributed by atoms with van der Waals surface area (Å²) in [6.07, 6.45) is -1.27. The maximum Gasteiger partial charge on any atom is 0.573 e. The average Bonchev–Trinajstić information content (AvgIpc) is 3.42. The van der Waals surface area contributed by atoms with Crippen molar-refractivity contribution in [3.63, 3.8) is 0 Å². The predicted octanol–water partition coefficient (Wildman–Crippen LogP) is 20.7. The largest absolute Gasteiger partial charge is 0.573 e. The molecular weight excluding hydrogens is 935 g/mol. The molecule has 0 saturated heterocycles. The summed E-state index contributed by atoms with van der Waals surface area (Å²) in [6.45, 7) is 4.39. The van der Waals surface area contributed by atoms with Crippen LogP contribution in [-0.4, -0.2) is 6.36 Å². The van der Waals surface area contributed by atoms with Gasteiger partial charge in [-0.2, -0.15) is 13.2 Å². The quantitative estimate of drug-likeness (QED) is 0.0826. The molecule has 0 fully saturated rings. The van der Waals surface area contributed by atoms with Gasteiger partial charge in [0.2, 0.25) is 0 Å². The van der Waals surface area contributed by atoms with Gasteiger partial charge in [-0.1, -0.05) is 227 Å². The molecule has 0 heterocycles. The van der Waals surface area contributed by atoms with Gasteiger partial charge < -0.3 is 4.74 Å². The van der Waals surface area contributed by atoms with Crippen LogP contribution in [-0.2, 0) is 19.0 Å². The van der Waals surface area contributed by atoms with Crippen LogP contribution in [0.4, 0.5) is 26.3 Å². The van der Waals surface area contributed by atoms with E-state index in [1.54, 1.807) is 18.2 Å². The summed E-state index contributed by atoms with van der Waals surface area (Å²) in [5, 5.41) is 2.99. The molecule has 0 atom stereocenters. The van der Waals surface area contributed by atoms with Crippen LogP contribution in [0.1, 0.15) is 62.6 Å². The second-order valence-electron chi connectivity index (χ2n) is 18.3. The molecule has 10 aromatic rings. The minimum absolute atomic E-state index is 0.205. The summed E-state index contributed by atoms with van der Waals surface area (Å²) in [5.74, 6) is -0.205. The van der Waals surface area contributed by atoms with Gasteiger partial charge in [-0.15, -0.1) is 13.2 Å². The summed E-state index contributed by atoms with van der Waals surface area (Å²) in [4.78, 5) is 0. The first-order valence-corrected chi connectivity index (χ1v) is 25.2. The van der Waals surface area contributed by atoms with Crippen LogP contribution >= 0.6 is 0 Å².